The van der Waals surface area contributed by atoms with Crippen molar-refractivity contribution in [1.29, 1.82) is 5.26 Å². The van der Waals surface area contributed by atoms with Crippen LogP contribution in [0, 0.1) is 11.3 Å². The molecule has 1 aromatic carbocycles. The molecule has 4 heteroatoms. The predicted octanol–water partition coefficient (Wildman–Crippen LogP) is 5.97. The maximum absolute atomic E-state index is 9.44. The molecule has 1 aliphatic rings. The Morgan fingerprint density at radius 2 is 2.00 bits per heavy atom. The van der Waals surface area contributed by atoms with Gasteiger partial charge in [-0.3, -0.25) is 0 Å². The Hall–Kier alpha value is -1.69. The first kappa shape index (κ1) is 15.2. The van der Waals surface area contributed by atoms with E-state index in [2.05, 4.69) is 23.0 Å². The molecule has 112 valence electrons. The van der Waals surface area contributed by atoms with Crippen LogP contribution in [-0.2, 0) is 0 Å². The van der Waals surface area contributed by atoms with E-state index in [-0.39, 0.29) is 0 Å². The number of hydrogen-bond donors (Lipinski definition) is 0. The molecule has 2 nitrogen and oxygen atoms in total. The van der Waals surface area contributed by atoms with Gasteiger partial charge in [0, 0.05) is 29.0 Å². The molecule has 1 heterocycles. The van der Waals surface area contributed by atoms with E-state index in [1.807, 2.05) is 12.1 Å². The number of benzene rings is 1. The van der Waals surface area contributed by atoms with Crippen molar-refractivity contribution in [2.45, 2.75) is 31.7 Å². The largest absolute Gasteiger partial charge is 0.351 e. The van der Waals surface area contributed by atoms with E-state index in [4.69, 9.17) is 23.2 Å². The minimum atomic E-state index is 0.496. The van der Waals surface area contributed by atoms with Crippen LogP contribution >= 0.6 is 23.2 Å². The summed E-state index contributed by atoms with van der Waals surface area (Å²) in [6, 6.07) is 10.1. The number of nitriles is 1. The van der Waals surface area contributed by atoms with E-state index in [0.717, 1.165) is 5.56 Å². The fourth-order valence-electron chi connectivity index (χ4n) is 2.99. The summed E-state index contributed by atoms with van der Waals surface area (Å²) in [6.45, 7) is 0. The topological polar surface area (TPSA) is 28.7 Å². The van der Waals surface area contributed by atoms with E-state index in [9.17, 15) is 5.26 Å². The Kier molecular flexibility index (Phi) is 4.57. The molecule has 1 fully saturated rings. The smallest absolute Gasteiger partial charge is 0.0998 e. The van der Waals surface area contributed by atoms with Gasteiger partial charge in [-0.15, -0.1) is 0 Å². The molecule has 0 atom stereocenters. The summed E-state index contributed by atoms with van der Waals surface area (Å²) in [5.41, 5.74) is 2.28. The molecule has 0 spiro atoms. The van der Waals surface area contributed by atoms with Gasteiger partial charge < -0.3 is 4.57 Å². The van der Waals surface area contributed by atoms with Crippen molar-refractivity contribution in [1.82, 2.24) is 4.57 Å². The SMILES string of the molecule is N#C/C(=C\c1ccn(C2CCCC2)c1)c1ccc(Cl)cc1Cl. The first-order valence-corrected chi connectivity index (χ1v) is 8.17. The highest BCUT2D eigenvalue weighted by Gasteiger charge is 2.16. The Morgan fingerprint density at radius 1 is 1.23 bits per heavy atom. The summed E-state index contributed by atoms with van der Waals surface area (Å²) in [4.78, 5) is 0. The molecule has 3 rings (SSSR count). The van der Waals surface area contributed by atoms with Gasteiger partial charge in [0.15, 0.2) is 0 Å². The summed E-state index contributed by atoms with van der Waals surface area (Å²) in [5, 5.41) is 10.5. The van der Waals surface area contributed by atoms with Crippen LogP contribution in [0.1, 0.15) is 42.9 Å². The number of aromatic nitrogens is 1. The molecular formula is C18H16Cl2N2. The highest BCUT2D eigenvalue weighted by atomic mass is 35.5. The van der Waals surface area contributed by atoms with Crippen LogP contribution in [0.15, 0.2) is 36.7 Å². The predicted molar refractivity (Wildman–Crippen MR) is 91.9 cm³/mol. The second-order valence-corrected chi connectivity index (χ2v) is 6.47. The standard InChI is InChI=1S/C18H16Cl2N2/c19-15-5-6-17(18(20)10-15)14(11-21)9-13-7-8-22(12-13)16-3-1-2-4-16/h5-10,12,16H,1-4H2/b14-9+. The van der Waals surface area contributed by atoms with Crippen LogP contribution in [0.4, 0.5) is 0 Å². The molecule has 0 aliphatic heterocycles. The van der Waals surface area contributed by atoms with Crippen LogP contribution in [0.25, 0.3) is 11.6 Å². The zero-order valence-electron chi connectivity index (χ0n) is 12.1. The number of halogens is 2. The van der Waals surface area contributed by atoms with Gasteiger partial charge in [0.2, 0.25) is 0 Å². The molecular weight excluding hydrogens is 315 g/mol. The van der Waals surface area contributed by atoms with Crippen LogP contribution in [-0.4, -0.2) is 4.57 Å². The second kappa shape index (κ2) is 6.60. The number of hydrogen-bond acceptors (Lipinski definition) is 1. The molecule has 1 aromatic heterocycles. The summed E-state index contributed by atoms with van der Waals surface area (Å²) < 4.78 is 2.26. The first-order chi connectivity index (χ1) is 10.7. The molecule has 1 aliphatic carbocycles. The van der Waals surface area contributed by atoms with Gasteiger partial charge in [0.05, 0.1) is 16.7 Å². The maximum atomic E-state index is 9.44. The van der Waals surface area contributed by atoms with E-state index in [1.165, 1.54) is 25.7 Å². The van der Waals surface area contributed by atoms with Crippen LogP contribution < -0.4 is 0 Å². The van der Waals surface area contributed by atoms with E-state index in [1.54, 1.807) is 18.2 Å². The van der Waals surface area contributed by atoms with E-state index in [0.29, 0.717) is 27.2 Å². The van der Waals surface area contributed by atoms with Crippen molar-refractivity contribution in [3.63, 3.8) is 0 Å². The van der Waals surface area contributed by atoms with Gasteiger partial charge in [0.1, 0.15) is 0 Å². The lowest BCUT2D eigenvalue weighted by atomic mass is 10.1. The van der Waals surface area contributed by atoms with Crippen LogP contribution in [0.3, 0.4) is 0 Å². The number of rotatable bonds is 3. The van der Waals surface area contributed by atoms with Gasteiger partial charge in [0.25, 0.3) is 0 Å². The quantitative estimate of drug-likeness (QED) is 0.637. The Morgan fingerprint density at radius 3 is 2.68 bits per heavy atom. The van der Waals surface area contributed by atoms with Crippen molar-refractivity contribution in [3.05, 3.63) is 57.8 Å². The highest BCUT2D eigenvalue weighted by Crippen LogP contribution is 2.31. The first-order valence-electron chi connectivity index (χ1n) is 7.42. The van der Waals surface area contributed by atoms with Crippen molar-refractivity contribution >= 4 is 34.9 Å². The molecule has 22 heavy (non-hydrogen) atoms. The average Bonchev–Trinajstić information content (AvgIpc) is 3.16. The van der Waals surface area contributed by atoms with Gasteiger partial charge in [-0.25, -0.2) is 0 Å². The molecule has 0 saturated heterocycles. The van der Waals surface area contributed by atoms with E-state index >= 15 is 0 Å². The Bertz CT molecular complexity index is 747. The summed E-state index contributed by atoms with van der Waals surface area (Å²) in [5.74, 6) is 0. The fourth-order valence-corrected chi connectivity index (χ4v) is 3.50. The molecule has 0 bridgehead atoms. The van der Waals surface area contributed by atoms with Crippen molar-refractivity contribution in [2.24, 2.45) is 0 Å². The van der Waals surface area contributed by atoms with Crippen LogP contribution in [0.5, 0.6) is 0 Å². The van der Waals surface area contributed by atoms with Gasteiger partial charge in [-0.2, -0.15) is 5.26 Å². The third kappa shape index (κ3) is 3.21. The Labute approximate surface area is 140 Å². The molecule has 0 amide bonds. The summed E-state index contributed by atoms with van der Waals surface area (Å²) >= 11 is 12.1. The molecule has 0 radical (unpaired) electrons. The van der Waals surface area contributed by atoms with Gasteiger partial charge >= 0.3 is 0 Å². The zero-order valence-corrected chi connectivity index (χ0v) is 13.6. The molecule has 2 aromatic rings. The van der Waals surface area contributed by atoms with Gasteiger partial charge in [-0.05, 0) is 42.7 Å². The van der Waals surface area contributed by atoms with E-state index < -0.39 is 0 Å². The number of allylic oxidation sites excluding steroid dienone is 1. The monoisotopic (exact) mass is 330 g/mol. The third-order valence-corrected chi connectivity index (χ3v) is 4.68. The van der Waals surface area contributed by atoms with Gasteiger partial charge in [-0.1, -0.05) is 42.1 Å². The third-order valence-electron chi connectivity index (χ3n) is 4.14. The van der Waals surface area contributed by atoms with Crippen molar-refractivity contribution in [2.75, 3.05) is 0 Å². The summed E-state index contributed by atoms with van der Waals surface area (Å²) in [6.07, 6.45) is 11.2. The molecule has 0 unspecified atom stereocenters. The minimum absolute atomic E-state index is 0.496. The Balaban J connectivity index is 1.90. The highest BCUT2D eigenvalue weighted by molar-refractivity contribution is 6.36. The lowest BCUT2D eigenvalue weighted by molar-refractivity contribution is 0.521. The van der Waals surface area contributed by atoms with Crippen molar-refractivity contribution in [3.8, 4) is 6.07 Å². The number of nitrogens with zero attached hydrogens (tertiary/aromatic N) is 2. The minimum Gasteiger partial charge on any atom is -0.351 e. The maximum Gasteiger partial charge on any atom is 0.0998 e. The summed E-state index contributed by atoms with van der Waals surface area (Å²) in [7, 11) is 0. The van der Waals surface area contributed by atoms with Crippen LogP contribution in [0.2, 0.25) is 10.0 Å². The second-order valence-electron chi connectivity index (χ2n) is 5.62. The van der Waals surface area contributed by atoms with Crippen molar-refractivity contribution < 1.29 is 0 Å². The lowest BCUT2D eigenvalue weighted by Crippen LogP contribution is -2.00. The lowest BCUT2D eigenvalue weighted by Gasteiger charge is -2.10. The average molecular weight is 331 g/mol. The normalized spacial score (nSPS) is 16.0. The molecule has 0 N–H and O–H groups in total. The zero-order chi connectivity index (χ0) is 15.5. The fraction of sp³-hybridized carbons (Fsp3) is 0.278. The molecule has 1 saturated carbocycles.